The molecule has 0 spiro atoms. The van der Waals surface area contributed by atoms with Gasteiger partial charge in [-0.3, -0.25) is 0 Å². The fourth-order valence-corrected chi connectivity index (χ4v) is 2.36. The van der Waals surface area contributed by atoms with Crippen molar-refractivity contribution in [2.45, 2.75) is 20.5 Å². The SMILES string of the molecule is CCOc1cc(C#N)ccc1OCc1cc(-c2ccc(C)cc2)no1. The molecule has 0 bridgehead atoms. The van der Waals surface area contributed by atoms with E-state index in [0.717, 1.165) is 11.3 Å². The number of benzene rings is 2. The molecule has 0 radical (unpaired) electrons. The lowest BCUT2D eigenvalue weighted by atomic mass is 10.1. The first-order valence-corrected chi connectivity index (χ1v) is 8.02. The van der Waals surface area contributed by atoms with Crippen molar-refractivity contribution >= 4 is 0 Å². The van der Waals surface area contributed by atoms with E-state index in [-0.39, 0.29) is 6.61 Å². The van der Waals surface area contributed by atoms with E-state index in [9.17, 15) is 0 Å². The molecule has 5 nitrogen and oxygen atoms in total. The van der Waals surface area contributed by atoms with Gasteiger partial charge in [-0.2, -0.15) is 5.26 Å². The maximum absolute atomic E-state index is 8.99. The molecule has 0 atom stereocenters. The van der Waals surface area contributed by atoms with Gasteiger partial charge in [-0.25, -0.2) is 0 Å². The highest BCUT2D eigenvalue weighted by Crippen LogP contribution is 2.29. The first-order chi connectivity index (χ1) is 12.2. The zero-order valence-electron chi connectivity index (χ0n) is 14.2. The van der Waals surface area contributed by atoms with Crippen molar-refractivity contribution in [3.05, 3.63) is 65.4 Å². The molecule has 5 heteroatoms. The summed E-state index contributed by atoms with van der Waals surface area (Å²) in [5, 5.41) is 13.1. The lowest BCUT2D eigenvalue weighted by molar-refractivity contribution is 0.233. The van der Waals surface area contributed by atoms with Crippen LogP contribution in [0.5, 0.6) is 11.5 Å². The normalized spacial score (nSPS) is 10.3. The number of nitrogens with zero attached hydrogens (tertiary/aromatic N) is 2. The van der Waals surface area contributed by atoms with E-state index in [2.05, 4.69) is 11.2 Å². The van der Waals surface area contributed by atoms with Gasteiger partial charge in [-0.15, -0.1) is 0 Å². The molecule has 0 saturated heterocycles. The molecule has 0 aliphatic carbocycles. The van der Waals surface area contributed by atoms with E-state index < -0.39 is 0 Å². The van der Waals surface area contributed by atoms with Crippen molar-refractivity contribution in [3.8, 4) is 28.8 Å². The molecular weight excluding hydrogens is 316 g/mol. The summed E-state index contributed by atoms with van der Waals surface area (Å²) < 4.78 is 16.7. The summed E-state index contributed by atoms with van der Waals surface area (Å²) in [6.07, 6.45) is 0. The molecule has 0 unspecified atom stereocenters. The second kappa shape index (κ2) is 7.54. The summed E-state index contributed by atoms with van der Waals surface area (Å²) in [6.45, 7) is 4.64. The monoisotopic (exact) mass is 334 g/mol. The summed E-state index contributed by atoms with van der Waals surface area (Å²) in [5.74, 6) is 1.72. The number of aromatic nitrogens is 1. The van der Waals surface area contributed by atoms with Gasteiger partial charge >= 0.3 is 0 Å². The van der Waals surface area contributed by atoms with Gasteiger partial charge in [-0.1, -0.05) is 35.0 Å². The van der Waals surface area contributed by atoms with E-state index in [0.29, 0.717) is 29.4 Å². The number of rotatable bonds is 6. The maximum Gasteiger partial charge on any atom is 0.174 e. The van der Waals surface area contributed by atoms with E-state index in [1.54, 1.807) is 18.2 Å². The average Bonchev–Trinajstić information content (AvgIpc) is 3.10. The van der Waals surface area contributed by atoms with Crippen LogP contribution in [0, 0.1) is 18.3 Å². The molecule has 25 heavy (non-hydrogen) atoms. The molecular formula is C20H18N2O3. The van der Waals surface area contributed by atoms with Crippen LogP contribution >= 0.6 is 0 Å². The van der Waals surface area contributed by atoms with Crippen LogP contribution in [0.25, 0.3) is 11.3 Å². The molecule has 3 rings (SSSR count). The third-order valence-electron chi connectivity index (χ3n) is 3.65. The van der Waals surface area contributed by atoms with Gasteiger partial charge in [-0.05, 0) is 26.0 Å². The molecule has 0 saturated carbocycles. The molecule has 0 aliphatic rings. The molecule has 1 heterocycles. The lowest BCUT2D eigenvalue weighted by Gasteiger charge is -2.10. The van der Waals surface area contributed by atoms with Crippen LogP contribution in [0.3, 0.4) is 0 Å². The van der Waals surface area contributed by atoms with Crippen LogP contribution in [0.4, 0.5) is 0 Å². The van der Waals surface area contributed by atoms with Crippen LogP contribution in [0.15, 0.2) is 53.1 Å². The Morgan fingerprint density at radius 3 is 2.56 bits per heavy atom. The van der Waals surface area contributed by atoms with E-state index >= 15 is 0 Å². The predicted octanol–water partition coefficient (Wildman–Crippen LogP) is 4.50. The molecule has 3 aromatic rings. The number of aryl methyl sites for hydroxylation is 1. The third kappa shape index (κ3) is 3.99. The summed E-state index contributed by atoms with van der Waals surface area (Å²) in [5.41, 5.74) is 3.48. The topological polar surface area (TPSA) is 68.3 Å². The minimum Gasteiger partial charge on any atom is -0.490 e. The van der Waals surface area contributed by atoms with Gasteiger partial charge in [0.2, 0.25) is 0 Å². The molecule has 0 fully saturated rings. The van der Waals surface area contributed by atoms with E-state index in [1.165, 1.54) is 5.56 Å². The largest absolute Gasteiger partial charge is 0.490 e. The summed E-state index contributed by atoms with van der Waals surface area (Å²) in [4.78, 5) is 0. The maximum atomic E-state index is 8.99. The highest BCUT2D eigenvalue weighted by molar-refractivity contribution is 5.59. The Bertz CT molecular complexity index is 892. The third-order valence-corrected chi connectivity index (χ3v) is 3.65. The second-order valence-electron chi connectivity index (χ2n) is 5.54. The van der Waals surface area contributed by atoms with Gasteiger partial charge in [0.1, 0.15) is 12.3 Å². The number of hydrogen-bond acceptors (Lipinski definition) is 5. The molecule has 2 aromatic carbocycles. The predicted molar refractivity (Wildman–Crippen MR) is 93.3 cm³/mol. The van der Waals surface area contributed by atoms with Crippen molar-refractivity contribution in [1.82, 2.24) is 5.16 Å². The van der Waals surface area contributed by atoms with Gasteiger partial charge in [0.05, 0.1) is 18.2 Å². The standard InChI is InChI=1S/C20H18N2O3/c1-3-23-20-10-15(12-21)6-9-19(20)24-13-17-11-18(22-25-17)16-7-4-14(2)5-8-16/h4-11H,3,13H2,1-2H3. The van der Waals surface area contributed by atoms with Crippen LogP contribution in [0.2, 0.25) is 0 Å². The minimum absolute atomic E-state index is 0.227. The molecule has 126 valence electrons. The van der Waals surface area contributed by atoms with Crippen molar-refractivity contribution < 1.29 is 14.0 Å². The minimum atomic E-state index is 0.227. The first-order valence-electron chi connectivity index (χ1n) is 8.02. The van der Waals surface area contributed by atoms with E-state index in [1.807, 2.05) is 44.2 Å². The Balaban J connectivity index is 1.72. The Morgan fingerprint density at radius 1 is 1.04 bits per heavy atom. The number of hydrogen-bond donors (Lipinski definition) is 0. The molecule has 0 aliphatic heterocycles. The highest BCUT2D eigenvalue weighted by atomic mass is 16.5. The average molecular weight is 334 g/mol. The summed E-state index contributed by atoms with van der Waals surface area (Å²) in [6, 6.07) is 17.1. The number of ether oxygens (including phenoxy) is 2. The summed E-state index contributed by atoms with van der Waals surface area (Å²) in [7, 11) is 0. The Kier molecular flexibility index (Phi) is 5.00. The van der Waals surface area contributed by atoms with Gasteiger partial charge < -0.3 is 14.0 Å². The van der Waals surface area contributed by atoms with Crippen LogP contribution in [-0.2, 0) is 6.61 Å². The zero-order valence-corrected chi connectivity index (χ0v) is 14.2. The van der Waals surface area contributed by atoms with Crippen molar-refractivity contribution in [2.24, 2.45) is 0 Å². The lowest BCUT2D eigenvalue weighted by Crippen LogP contribution is -1.99. The zero-order chi connectivity index (χ0) is 17.6. The highest BCUT2D eigenvalue weighted by Gasteiger charge is 2.10. The first kappa shape index (κ1) is 16.6. The Labute approximate surface area is 146 Å². The Morgan fingerprint density at radius 2 is 1.84 bits per heavy atom. The van der Waals surface area contributed by atoms with Crippen LogP contribution in [0.1, 0.15) is 23.8 Å². The smallest absolute Gasteiger partial charge is 0.174 e. The quantitative estimate of drug-likeness (QED) is 0.664. The fraction of sp³-hybridized carbons (Fsp3) is 0.200. The van der Waals surface area contributed by atoms with Crippen LogP contribution < -0.4 is 9.47 Å². The van der Waals surface area contributed by atoms with E-state index in [4.69, 9.17) is 19.3 Å². The van der Waals surface area contributed by atoms with Crippen LogP contribution in [-0.4, -0.2) is 11.8 Å². The number of nitriles is 1. The molecule has 1 aromatic heterocycles. The molecule has 0 N–H and O–H groups in total. The Hall–Kier alpha value is -3.26. The van der Waals surface area contributed by atoms with Gasteiger partial charge in [0.15, 0.2) is 17.3 Å². The van der Waals surface area contributed by atoms with Gasteiger partial charge in [0, 0.05) is 17.7 Å². The second-order valence-corrected chi connectivity index (χ2v) is 5.54. The summed E-state index contributed by atoms with van der Waals surface area (Å²) >= 11 is 0. The van der Waals surface area contributed by atoms with Gasteiger partial charge in [0.25, 0.3) is 0 Å². The van der Waals surface area contributed by atoms with Crippen molar-refractivity contribution in [3.63, 3.8) is 0 Å². The van der Waals surface area contributed by atoms with Crippen molar-refractivity contribution in [2.75, 3.05) is 6.61 Å². The van der Waals surface area contributed by atoms with Crippen molar-refractivity contribution in [1.29, 1.82) is 5.26 Å². The molecule has 0 amide bonds. The fourth-order valence-electron chi connectivity index (χ4n) is 2.36.